The van der Waals surface area contributed by atoms with Crippen LogP contribution in [0.25, 0.3) is 0 Å². The first-order valence-electron chi connectivity index (χ1n) is 8.19. The quantitative estimate of drug-likeness (QED) is 0.720. The number of carbonyl (C=O) groups is 2. The predicted octanol–water partition coefficient (Wildman–Crippen LogP) is 0.759. The van der Waals surface area contributed by atoms with Gasteiger partial charge in [-0.3, -0.25) is 13.9 Å². The van der Waals surface area contributed by atoms with Crippen molar-refractivity contribution < 1.29 is 18.0 Å². The molecule has 2 amide bonds. The normalized spacial score (nSPS) is 16.5. The Morgan fingerprint density at radius 1 is 1.12 bits per heavy atom. The first kappa shape index (κ1) is 19.2. The lowest BCUT2D eigenvalue weighted by atomic mass is 10.1. The fraction of sp³-hybridized carbons (Fsp3) is 0.529. The number of piperazine rings is 1. The third-order valence-electron chi connectivity index (χ3n) is 4.30. The van der Waals surface area contributed by atoms with Gasteiger partial charge >= 0.3 is 0 Å². The fourth-order valence-electron chi connectivity index (χ4n) is 3.19. The smallest absolute Gasteiger partial charge is 0.246 e. The number of amides is 2. The molecule has 0 radical (unpaired) electrons. The zero-order valence-corrected chi connectivity index (χ0v) is 15.9. The zero-order valence-electron chi connectivity index (χ0n) is 15.1. The van der Waals surface area contributed by atoms with Crippen LogP contribution in [0.15, 0.2) is 18.2 Å². The lowest BCUT2D eigenvalue weighted by Crippen LogP contribution is -2.55. The van der Waals surface area contributed by atoms with Gasteiger partial charge in [0.15, 0.2) is 0 Å². The molecule has 138 valence electrons. The van der Waals surface area contributed by atoms with Crippen LogP contribution in [0.2, 0.25) is 0 Å². The molecule has 1 aliphatic heterocycles. The number of aryl methyl sites for hydroxylation is 2. The molecule has 1 aromatic carbocycles. The van der Waals surface area contributed by atoms with Gasteiger partial charge in [0, 0.05) is 26.2 Å². The minimum absolute atomic E-state index is 0.255. The van der Waals surface area contributed by atoms with Gasteiger partial charge in [-0.15, -0.1) is 0 Å². The van der Waals surface area contributed by atoms with E-state index in [1.807, 2.05) is 19.9 Å². The van der Waals surface area contributed by atoms with Crippen LogP contribution in [-0.4, -0.2) is 69.0 Å². The Morgan fingerprint density at radius 2 is 1.64 bits per heavy atom. The Morgan fingerprint density at radius 3 is 2.08 bits per heavy atom. The van der Waals surface area contributed by atoms with Gasteiger partial charge in [-0.05, 0) is 44.0 Å². The van der Waals surface area contributed by atoms with Gasteiger partial charge in [0.1, 0.15) is 6.04 Å². The fourth-order valence-corrected chi connectivity index (χ4v) is 4.35. The number of hydrogen-bond acceptors (Lipinski definition) is 4. The van der Waals surface area contributed by atoms with Gasteiger partial charge in [0.2, 0.25) is 22.3 Å². The van der Waals surface area contributed by atoms with Crippen LogP contribution in [0.3, 0.4) is 0 Å². The van der Waals surface area contributed by atoms with Gasteiger partial charge < -0.3 is 9.80 Å². The Balaban J connectivity index is 2.29. The summed E-state index contributed by atoms with van der Waals surface area (Å²) in [6.07, 6.45) is 1.88. The summed E-state index contributed by atoms with van der Waals surface area (Å²) in [4.78, 5) is 26.9. The van der Waals surface area contributed by atoms with Gasteiger partial charge in [-0.25, -0.2) is 8.42 Å². The Bertz CT molecular complexity index is 735. The molecule has 1 fully saturated rings. The van der Waals surface area contributed by atoms with Crippen molar-refractivity contribution in [1.29, 1.82) is 0 Å². The van der Waals surface area contributed by atoms with Gasteiger partial charge in [-0.1, -0.05) is 6.07 Å². The highest BCUT2D eigenvalue weighted by molar-refractivity contribution is 7.92. The number of hydrogen-bond donors (Lipinski definition) is 0. The average Bonchev–Trinajstić information content (AvgIpc) is 2.52. The summed E-state index contributed by atoms with van der Waals surface area (Å²) in [7, 11) is -3.63. The highest BCUT2D eigenvalue weighted by Gasteiger charge is 2.33. The third kappa shape index (κ3) is 4.50. The number of rotatable bonds is 5. The molecule has 0 N–H and O–H groups in total. The van der Waals surface area contributed by atoms with E-state index in [9.17, 15) is 18.0 Å². The molecule has 0 aromatic heterocycles. The summed E-state index contributed by atoms with van der Waals surface area (Å²) in [5, 5.41) is 0. The first-order valence-corrected chi connectivity index (χ1v) is 10.0. The van der Waals surface area contributed by atoms with Crippen molar-refractivity contribution in [2.24, 2.45) is 0 Å². The maximum Gasteiger partial charge on any atom is 0.246 e. The topological polar surface area (TPSA) is 78.0 Å². The molecule has 0 spiro atoms. The van der Waals surface area contributed by atoms with Crippen LogP contribution in [-0.2, 0) is 19.6 Å². The molecule has 0 aliphatic carbocycles. The molecular formula is C17H25N3O4S. The number of sulfonamides is 1. The molecule has 8 heteroatoms. The molecule has 2 rings (SSSR count). The van der Waals surface area contributed by atoms with Crippen LogP contribution < -0.4 is 4.31 Å². The Kier molecular flexibility index (Phi) is 5.72. The van der Waals surface area contributed by atoms with E-state index >= 15 is 0 Å². The molecule has 0 bridgehead atoms. The highest BCUT2D eigenvalue weighted by atomic mass is 32.2. The Hall–Kier alpha value is -2.09. The highest BCUT2D eigenvalue weighted by Crippen LogP contribution is 2.24. The summed E-state index contributed by atoms with van der Waals surface area (Å²) >= 11 is 0. The van der Waals surface area contributed by atoms with Crippen molar-refractivity contribution in [2.75, 3.05) is 36.7 Å². The van der Waals surface area contributed by atoms with E-state index in [-0.39, 0.29) is 5.91 Å². The van der Waals surface area contributed by atoms with E-state index in [2.05, 4.69) is 0 Å². The molecule has 1 atom stereocenters. The first-order chi connectivity index (χ1) is 11.6. The van der Waals surface area contributed by atoms with E-state index in [1.54, 1.807) is 28.9 Å². The monoisotopic (exact) mass is 367 g/mol. The summed E-state index contributed by atoms with van der Waals surface area (Å²) in [5.74, 6) is -0.255. The summed E-state index contributed by atoms with van der Waals surface area (Å²) in [5.41, 5.74) is 2.36. The van der Waals surface area contributed by atoms with Crippen molar-refractivity contribution in [3.8, 4) is 0 Å². The maximum absolute atomic E-state index is 12.8. The number of benzene rings is 1. The molecule has 1 saturated heterocycles. The van der Waals surface area contributed by atoms with Crippen LogP contribution in [0.5, 0.6) is 0 Å². The SMILES string of the molecule is Cc1cc(C)cc(N([C@H](C)C(=O)N2CCN(C=O)CC2)S(C)(=O)=O)c1. The largest absolute Gasteiger partial charge is 0.342 e. The van der Waals surface area contributed by atoms with Crippen LogP contribution in [0.1, 0.15) is 18.1 Å². The molecular weight excluding hydrogens is 342 g/mol. The number of carbonyl (C=O) groups excluding carboxylic acids is 2. The minimum Gasteiger partial charge on any atom is -0.342 e. The molecule has 25 heavy (non-hydrogen) atoms. The number of nitrogens with zero attached hydrogens (tertiary/aromatic N) is 3. The standard InChI is InChI=1S/C17H25N3O4S/c1-13-9-14(2)11-16(10-13)20(25(4,23)24)15(3)17(22)19-7-5-18(12-21)6-8-19/h9-12,15H,5-8H2,1-4H3/t15-/m1/s1. The van der Waals surface area contributed by atoms with Crippen molar-refractivity contribution in [3.63, 3.8) is 0 Å². The van der Waals surface area contributed by atoms with Gasteiger partial charge in [-0.2, -0.15) is 0 Å². The van der Waals surface area contributed by atoms with Crippen molar-refractivity contribution in [3.05, 3.63) is 29.3 Å². The van der Waals surface area contributed by atoms with Crippen molar-refractivity contribution >= 4 is 28.0 Å². The van der Waals surface area contributed by atoms with E-state index < -0.39 is 16.1 Å². The van der Waals surface area contributed by atoms with Crippen LogP contribution >= 0.6 is 0 Å². The van der Waals surface area contributed by atoms with E-state index in [0.29, 0.717) is 31.9 Å². The summed E-state index contributed by atoms with van der Waals surface area (Å²) in [6.45, 7) is 7.13. The van der Waals surface area contributed by atoms with Crippen molar-refractivity contribution in [2.45, 2.75) is 26.8 Å². The van der Waals surface area contributed by atoms with Crippen LogP contribution in [0, 0.1) is 13.8 Å². The van der Waals surface area contributed by atoms with E-state index in [1.165, 1.54) is 4.31 Å². The zero-order chi connectivity index (χ0) is 18.8. The van der Waals surface area contributed by atoms with E-state index in [4.69, 9.17) is 0 Å². The predicted molar refractivity (Wildman–Crippen MR) is 96.9 cm³/mol. The molecule has 1 aliphatic rings. The second-order valence-corrected chi connectivity index (χ2v) is 8.41. The third-order valence-corrected chi connectivity index (χ3v) is 5.54. The van der Waals surface area contributed by atoms with Gasteiger partial charge in [0.25, 0.3) is 0 Å². The average molecular weight is 367 g/mol. The second-order valence-electron chi connectivity index (χ2n) is 6.55. The molecule has 0 saturated carbocycles. The summed E-state index contributed by atoms with van der Waals surface area (Å²) < 4.78 is 25.9. The molecule has 0 unspecified atom stereocenters. The molecule has 1 aromatic rings. The Labute approximate surface area is 149 Å². The lowest BCUT2D eigenvalue weighted by molar-refractivity contribution is -0.135. The lowest BCUT2D eigenvalue weighted by Gasteiger charge is -2.37. The number of anilines is 1. The van der Waals surface area contributed by atoms with Crippen LogP contribution in [0.4, 0.5) is 5.69 Å². The van der Waals surface area contributed by atoms with Crippen molar-refractivity contribution in [1.82, 2.24) is 9.80 Å². The molecule has 7 nitrogen and oxygen atoms in total. The summed E-state index contributed by atoms with van der Waals surface area (Å²) in [6, 6.07) is 4.64. The maximum atomic E-state index is 12.8. The minimum atomic E-state index is -3.63. The van der Waals surface area contributed by atoms with Gasteiger partial charge in [0.05, 0.1) is 11.9 Å². The second kappa shape index (κ2) is 7.43. The van der Waals surface area contributed by atoms with E-state index in [0.717, 1.165) is 23.8 Å². The molecule has 1 heterocycles.